The molecule has 2 heterocycles. The number of ether oxygens (including phenoxy) is 4. The van der Waals surface area contributed by atoms with E-state index < -0.39 is 30.1 Å². The van der Waals surface area contributed by atoms with E-state index in [4.69, 9.17) is 18.9 Å². The first-order valence-electron chi connectivity index (χ1n) is 11.4. The van der Waals surface area contributed by atoms with E-state index in [0.717, 1.165) is 0 Å². The maximum atomic E-state index is 13.2. The average molecular weight is 491 g/mol. The van der Waals surface area contributed by atoms with Gasteiger partial charge in [0.2, 0.25) is 5.78 Å². The molecule has 0 atom stereocenters. The number of H-pyrrole nitrogens is 1. The largest absolute Gasteiger partial charge is 0.486 e. The van der Waals surface area contributed by atoms with Gasteiger partial charge in [-0.25, -0.2) is 9.59 Å². The molecule has 0 radical (unpaired) electrons. The van der Waals surface area contributed by atoms with Gasteiger partial charge in [0.15, 0.2) is 23.9 Å². The van der Waals surface area contributed by atoms with Gasteiger partial charge < -0.3 is 23.9 Å². The van der Waals surface area contributed by atoms with Crippen molar-refractivity contribution in [1.82, 2.24) is 4.98 Å². The molecule has 0 unspecified atom stereocenters. The first kappa shape index (κ1) is 24.7. The van der Waals surface area contributed by atoms with E-state index in [9.17, 15) is 19.2 Å². The van der Waals surface area contributed by atoms with E-state index in [1.54, 1.807) is 51.1 Å². The Morgan fingerprint density at radius 2 is 1.58 bits per heavy atom. The van der Waals surface area contributed by atoms with Crippen molar-refractivity contribution in [3.8, 4) is 11.5 Å². The molecule has 36 heavy (non-hydrogen) atoms. The number of hydrogen-bond acceptors (Lipinski definition) is 8. The molecule has 0 spiro atoms. The van der Waals surface area contributed by atoms with Crippen molar-refractivity contribution < 1.29 is 38.1 Å². The summed E-state index contributed by atoms with van der Waals surface area (Å²) in [6.45, 7) is 5.40. The summed E-state index contributed by atoms with van der Waals surface area (Å²) in [5.74, 6) is -1.28. The molecule has 0 aliphatic carbocycles. The van der Waals surface area contributed by atoms with E-state index in [0.29, 0.717) is 41.5 Å². The second kappa shape index (κ2) is 10.5. The molecule has 0 saturated carbocycles. The van der Waals surface area contributed by atoms with Crippen molar-refractivity contribution in [3.05, 3.63) is 81.7 Å². The fraction of sp³-hybridized carbons (Fsp3) is 0.259. The number of esters is 2. The lowest BCUT2D eigenvalue weighted by atomic mass is 9.98. The van der Waals surface area contributed by atoms with Crippen LogP contribution in [0.5, 0.6) is 11.5 Å². The topological polar surface area (TPSA) is 121 Å². The normalized spacial score (nSPS) is 12.1. The molecule has 1 aliphatic rings. The second-order valence-corrected chi connectivity index (χ2v) is 8.08. The van der Waals surface area contributed by atoms with E-state index in [-0.39, 0.29) is 29.0 Å². The summed E-state index contributed by atoms with van der Waals surface area (Å²) in [7, 11) is 0. The van der Waals surface area contributed by atoms with Crippen molar-refractivity contribution in [1.29, 1.82) is 0 Å². The summed E-state index contributed by atoms with van der Waals surface area (Å²) in [5, 5.41) is 0. The molecule has 0 amide bonds. The Hall–Kier alpha value is -4.40. The van der Waals surface area contributed by atoms with Gasteiger partial charge in [0.25, 0.3) is 0 Å². The number of hydrogen-bond donors (Lipinski definition) is 1. The molecular weight excluding hydrogens is 466 g/mol. The molecule has 186 valence electrons. The van der Waals surface area contributed by atoms with Crippen molar-refractivity contribution in [2.75, 3.05) is 26.4 Å². The molecule has 1 aliphatic heterocycles. The highest BCUT2D eigenvalue weighted by molar-refractivity contribution is 6.15. The zero-order chi connectivity index (χ0) is 25.8. The van der Waals surface area contributed by atoms with E-state index >= 15 is 0 Å². The Kier molecular flexibility index (Phi) is 7.19. The molecule has 0 saturated heterocycles. The highest BCUT2D eigenvalue weighted by Crippen LogP contribution is 2.32. The van der Waals surface area contributed by atoms with Crippen molar-refractivity contribution >= 4 is 23.5 Å². The molecule has 9 nitrogen and oxygen atoms in total. The first-order valence-corrected chi connectivity index (χ1v) is 11.4. The van der Waals surface area contributed by atoms with E-state index in [2.05, 4.69) is 4.98 Å². The third-order valence-electron chi connectivity index (χ3n) is 5.73. The lowest BCUT2D eigenvalue weighted by Crippen LogP contribution is -2.18. The summed E-state index contributed by atoms with van der Waals surface area (Å²) in [4.78, 5) is 53.9. The third-order valence-corrected chi connectivity index (χ3v) is 5.73. The van der Waals surface area contributed by atoms with Gasteiger partial charge in [-0.15, -0.1) is 0 Å². The van der Waals surface area contributed by atoms with Crippen molar-refractivity contribution in [3.63, 3.8) is 0 Å². The number of carbonyl (C=O) groups is 4. The Morgan fingerprint density at radius 1 is 0.889 bits per heavy atom. The lowest BCUT2D eigenvalue weighted by Gasteiger charge is -2.18. The first-order chi connectivity index (χ1) is 17.3. The highest BCUT2D eigenvalue weighted by atomic mass is 16.6. The van der Waals surface area contributed by atoms with Gasteiger partial charge in [0, 0.05) is 16.8 Å². The molecule has 3 aromatic rings. The van der Waals surface area contributed by atoms with Gasteiger partial charge >= 0.3 is 11.9 Å². The Morgan fingerprint density at radius 3 is 2.31 bits per heavy atom. The van der Waals surface area contributed by atoms with Crippen LogP contribution in [0, 0.1) is 13.8 Å². The molecule has 2 aromatic carbocycles. The number of Topliss-reactive ketones (excluding diaryl/α,β-unsaturated/α-hetero) is 1. The molecular formula is C27H25NO8. The maximum absolute atomic E-state index is 13.2. The quantitative estimate of drug-likeness (QED) is 0.373. The van der Waals surface area contributed by atoms with Crippen molar-refractivity contribution in [2.45, 2.75) is 20.8 Å². The van der Waals surface area contributed by atoms with Gasteiger partial charge in [0.05, 0.1) is 23.4 Å². The number of benzene rings is 2. The van der Waals surface area contributed by atoms with Gasteiger partial charge in [0.1, 0.15) is 13.2 Å². The minimum absolute atomic E-state index is 0.0248. The SMILES string of the molecule is CCOC(=O)c1c(C)[nH]c(C(=O)COC(=O)c2ccccc2C(=O)c2ccc3c(c2)OCCO3)c1C. The second-order valence-electron chi connectivity index (χ2n) is 8.08. The van der Waals surface area contributed by atoms with Crippen LogP contribution in [0.2, 0.25) is 0 Å². The average Bonchev–Trinajstić information content (AvgIpc) is 3.20. The minimum atomic E-state index is -0.823. The minimum Gasteiger partial charge on any atom is -0.486 e. The molecule has 9 heteroatoms. The van der Waals surface area contributed by atoms with Crippen LogP contribution in [0.25, 0.3) is 0 Å². The van der Waals surface area contributed by atoms with E-state index in [1.807, 2.05) is 0 Å². The van der Waals surface area contributed by atoms with Crippen molar-refractivity contribution in [2.24, 2.45) is 0 Å². The zero-order valence-corrected chi connectivity index (χ0v) is 20.1. The van der Waals surface area contributed by atoms with Crippen LogP contribution >= 0.6 is 0 Å². The Balaban J connectivity index is 1.50. The number of nitrogens with one attached hydrogen (secondary N) is 1. The summed E-state index contributed by atoms with van der Waals surface area (Å²) in [6, 6.07) is 11.0. The number of ketones is 2. The number of aryl methyl sites for hydroxylation is 1. The third kappa shape index (κ3) is 4.86. The zero-order valence-electron chi connectivity index (χ0n) is 20.1. The monoisotopic (exact) mass is 491 g/mol. The van der Waals surface area contributed by atoms with Crippen LogP contribution in [-0.2, 0) is 9.47 Å². The Labute approximate surface area is 207 Å². The fourth-order valence-electron chi connectivity index (χ4n) is 4.02. The molecule has 0 bridgehead atoms. The summed E-state index contributed by atoms with van der Waals surface area (Å²) in [6.07, 6.45) is 0. The van der Waals surface area contributed by atoms with Crippen LogP contribution in [0.3, 0.4) is 0 Å². The van der Waals surface area contributed by atoms with Crippen LogP contribution in [0.1, 0.15) is 65.3 Å². The van der Waals surface area contributed by atoms with Gasteiger partial charge in [-0.05, 0) is 50.6 Å². The standard InChI is InChI=1S/C27H25NO8/c1-4-33-27(32)23-15(2)24(28-16(23)3)20(29)14-36-26(31)19-8-6-5-7-18(19)25(30)17-9-10-21-22(13-17)35-12-11-34-21/h5-10,13,28H,4,11-12,14H2,1-3H3. The van der Waals surface area contributed by atoms with Gasteiger partial charge in [-0.1, -0.05) is 18.2 Å². The van der Waals surface area contributed by atoms with E-state index in [1.165, 1.54) is 12.1 Å². The number of aromatic nitrogens is 1. The lowest BCUT2D eigenvalue weighted by molar-refractivity contribution is 0.0470. The summed E-state index contributed by atoms with van der Waals surface area (Å²) in [5.41, 5.74) is 1.81. The molecule has 0 fully saturated rings. The highest BCUT2D eigenvalue weighted by Gasteiger charge is 2.25. The summed E-state index contributed by atoms with van der Waals surface area (Å²) >= 11 is 0. The van der Waals surface area contributed by atoms with Crippen LogP contribution in [0.4, 0.5) is 0 Å². The van der Waals surface area contributed by atoms with Gasteiger partial charge in [-0.3, -0.25) is 9.59 Å². The number of aromatic amines is 1. The number of rotatable bonds is 8. The van der Waals surface area contributed by atoms with Crippen LogP contribution in [0.15, 0.2) is 42.5 Å². The Bertz CT molecular complexity index is 1350. The molecule has 4 rings (SSSR count). The van der Waals surface area contributed by atoms with Crippen LogP contribution < -0.4 is 9.47 Å². The fourth-order valence-corrected chi connectivity index (χ4v) is 4.02. The maximum Gasteiger partial charge on any atom is 0.340 e. The van der Waals surface area contributed by atoms with Gasteiger partial charge in [-0.2, -0.15) is 0 Å². The number of carbonyl (C=O) groups excluding carboxylic acids is 4. The molecule has 1 N–H and O–H groups in total. The number of fused-ring (bicyclic) bond motifs is 1. The predicted octanol–water partition coefficient (Wildman–Crippen LogP) is 3.85. The van der Waals surface area contributed by atoms with Crippen LogP contribution in [-0.4, -0.2) is 54.9 Å². The smallest absolute Gasteiger partial charge is 0.340 e. The predicted molar refractivity (Wildman–Crippen MR) is 128 cm³/mol. The summed E-state index contributed by atoms with van der Waals surface area (Å²) < 4.78 is 21.3. The molecule has 1 aromatic heterocycles.